The molecule has 1 heterocycles. The number of rotatable bonds is 1. The number of nitrogens with zero attached hydrogens (tertiary/aromatic N) is 1. The highest BCUT2D eigenvalue weighted by molar-refractivity contribution is 5.88. The van der Waals surface area contributed by atoms with Crippen molar-refractivity contribution in [1.29, 1.82) is 0 Å². The zero-order valence-electron chi connectivity index (χ0n) is 10.2. The third kappa shape index (κ3) is 1.23. The van der Waals surface area contributed by atoms with Crippen molar-refractivity contribution in [3.63, 3.8) is 0 Å². The smallest absolute Gasteiger partial charge is 0.123 e. The van der Waals surface area contributed by atoms with Crippen molar-refractivity contribution < 1.29 is 5.11 Å². The summed E-state index contributed by atoms with van der Waals surface area (Å²) in [5, 5.41) is 12.4. The molecule has 4 rings (SSSR count). The van der Waals surface area contributed by atoms with Gasteiger partial charge in [0.1, 0.15) is 5.75 Å². The topological polar surface area (TPSA) is 23.5 Å². The van der Waals surface area contributed by atoms with Gasteiger partial charge < -0.3 is 10.0 Å². The molecule has 1 aliphatic heterocycles. The first kappa shape index (κ1) is 10.0. The van der Waals surface area contributed by atoms with Gasteiger partial charge in [-0.15, -0.1) is 0 Å². The number of aromatic hydroxyl groups is 1. The number of phenolic OH excluding ortho intramolecular Hbond substituents is 1. The molecule has 0 unspecified atom stereocenters. The summed E-state index contributed by atoms with van der Waals surface area (Å²) in [7, 11) is 0. The van der Waals surface area contributed by atoms with Gasteiger partial charge in [0.05, 0.1) is 0 Å². The van der Waals surface area contributed by atoms with Crippen molar-refractivity contribution in [2.24, 2.45) is 0 Å². The van der Waals surface area contributed by atoms with Crippen LogP contribution in [0.4, 0.5) is 5.69 Å². The van der Waals surface area contributed by atoms with Gasteiger partial charge in [-0.3, -0.25) is 0 Å². The number of benzene rings is 1. The minimum absolute atomic E-state index is 0.420. The first-order valence-corrected chi connectivity index (χ1v) is 6.54. The van der Waals surface area contributed by atoms with Crippen LogP contribution in [0.15, 0.2) is 36.6 Å². The Morgan fingerprint density at radius 1 is 1.06 bits per heavy atom. The minimum Gasteiger partial charge on any atom is -0.507 e. The molecule has 1 N–H and O–H groups in total. The second-order valence-corrected chi connectivity index (χ2v) is 5.13. The van der Waals surface area contributed by atoms with Crippen LogP contribution in [0.5, 0.6) is 5.75 Å². The predicted octanol–water partition coefficient (Wildman–Crippen LogP) is 1.78. The average Bonchev–Trinajstić information content (AvgIpc) is 3.02. The highest BCUT2D eigenvalue weighted by Crippen LogP contribution is 2.29. The second-order valence-electron chi connectivity index (χ2n) is 5.13. The van der Waals surface area contributed by atoms with E-state index in [9.17, 15) is 5.11 Å². The van der Waals surface area contributed by atoms with Crippen LogP contribution in [-0.2, 0) is 0 Å². The summed E-state index contributed by atoms with van der Waals surface area (Å²) in [5.41, 5.74) is 3.86. The fourth-order valence-corrected chi connectivity index (χ4v) is 3.19. The third-order valence-electron chi connectivity index (χ3n) is 4.03. The van der Waals surface area contributed by atoms with Gasteiger partial charge in [-0.25, -0.2) is 0 Å². The Hall–Kier alpha value is -1.96. The molecule has 2 heteroatoms. The zero-order valence-corrected chi connectivity index (χ0v) is 10.2. The van der Waals surface area contributed by atoms with E-state index in [-0.39, 0.29) is 0 Å². The van der Waals surface area contributed by atoms with Crippen LogP contribution >= 0.6 is 0 Å². The van der Waals surface area contributed by atoms with E-state index in [1.165, 1.54) is 34.9 Å². The van der Waals surface area contributed by atoms with Gasteiger partial charge in [-0.05, 0) is 42.5 Å². The van der Waals surface area contributed by atoms with Crippen LogP contribution in [0.25, 0.3) is 11.1 Å². The zero-order chi connectivity index (χ0) is 12.1. The molecule has 0 saturated carbocycles. The molecule has 0 atom stereocenters. The van der Waals surface area contributed by atoms with E-state index in [4.69, 9.17) is 0 Å². The SMILES string of the molecule is Oc1ccc(N2C=CCCC2)c2c1=C1C=CC=2C1. The maximum Gasteiger partial charge on any atom is 0.123 e. The fraction of sp³-hybridized carbons (Fsp3) is 0.250. The van der Waals surface area contributed by atoms with Crippen molar-refractivity contribution in [3.8, 4) is 5.75 Å². The summed E-state index contributed by atoms with van der Waals surface area (Å²) in [6, 6.07) is 3.88. The first-order chi connectivity index (χ1) is 8.84. The standard InChI is InChI=1S/C16H15NO/c18-14-7-6-13(17-8-2-1-3-9-17)15-11-4-5-12(10-11)16(14)15/h2,4-8,18H,1,3,9-10H2. The maximum atomic E-state index is 10.1. The molecule has 0 spiro atoms. The van der Waals surface area contributed by atoms with E-state index >= 15 is 0 Å². The summed E-state index contributed by atoms with van der Waals surface area (Å²) >= 11 is 0. The van der Waals surface area contributed by atoms with E-state index < -0.39 is 0 Å². The van der Waals surface area contributed by atoms with E-state index in [1.807, 2.05) is 12.1 Å². The molecule has 2 aliphatic carbocycles. The van der Waals surface area contributed by atoms with Crippen molar-refractivity contribution in [1.82, 2.24) is 0 Å². The largest absolute Gasteiger partial charge is 0.507 e. The number of phenols is 1. The number of anilines is 1. The third-order valence-corrected chi connectivity index (χ3v) is 4.03. The van der Waals surface area contributed by atoms with Gasteiger partial charge in [0.15, 0.2) is 0 Å². The quantitative estimate of drug-likeness (QED) is 0.805. The van der Waals surface area contributed by atoms with Crippen LogP contribution < -0.4 is 15.3 Å². The summed E-state index contributed by atoms with van der Waals surface area (Å²) in [4.78, 5) is 2.31. The van der Waals surface area contributed by atoms with Gasteiger partial charge in [-0.1, -0.05) is 18.2 Å². The van der Waals surface area contributed by atoms with E-state index in [0.717, 1.165) is 18.2 Å². The van der Waals surface area contributed by atoms with Crippen LogP contribution in [-0.4, -0.2) is 11.7 Å². The Labute approximate surface area is 106 Å². The van der Waals surface area contributed by atoms with Crippen LogP contribution in [0.3, 0.4) is 0 Å². The molecule has 0 fully saturated rings. The Bertz CT molecular complexity index is 709. The molecule has 1 aromatic carbocycles. The maximum absolute atomic E-state index is 10.1. The highest BCUT2D eigenvalue weighted by atomic mass is 16.3. The Balaban J connectivity index is 2.03. The Morgan fingerprint density at radius 3 is 2.67 bits per heavy atom. The van der Waals surface area contributed by atoms with Crippen molar-refractivity contribution in [2.45, 2.75) is 19.3 Å². The van der Waals surface area contributed by atoms with Gasteiger partial charge in [0.25, 0.3) is 0 Å². The molecule has 2 nitrogen and oxygen atoms in total. The normalized spacial score (nSPS) is 19.9. The molecule has 0 aromatic heterocycles. The Morgan fingerprint density at radius 2 is 1.89 bits per heavy atom. The molecule has 18 heavy (non-hydrogen) atoms. The van der Waals surface area contributed by atoms with Crippen LogP contribution in [0.2, 0.25) is 0 Å². The minimum atomic E-state index is 0.420. The monoisotopic (exact) mass is 237 g/mol. The van der Waals surface area contributed by atoms with E-state index in [0.29, 0.717) is 5.75 Å². The van der Waals surface area contributed by atoms with Crippen LogP contribution in [0.1, 0.15) is 19.3 Å². The fourth-order valence-electron chi connectivity index (χ4n) is 3.19. The summed E-state index contributed by atoms with van der Waals surface area (Å²) in [6.45, 7) is 1.07. The molecular formula is C16H15NO. The number of hydrogen-bond acceptors (Lipinski definition) is 2. The number of fused-ring (bicyclic) bond motifs is 3. The van der Waals surface area contributed by atoms with Gasteiger partial charge in [0.2, 0.25) is 0 Å². The summed E-state index contributed by atoms with van der Waals surface area (Å²) in [5.74, 6) is 0.420. The molecule has 0 radical (unpaired) electrons. The van der Waals surface area contributed by atoms with Gasteiger partial charge in [-0.2, -0.15) is 0 Å². The van der Waals surface area contributed by atoms with Crippen molar-refractivity contribution in [3.05, 3.63) is 47.0 Å². The summed E-state index contributed by atoms with van der Waals surface area (Å²) < 4.78 is 0. The lowest BCUT2D eigenvalue weighted by atomic mass is 10.1. The molecule has 90 valence electrons. The van der Waals surface area contributed by atoms with E-state index in [2.05, 4.69) is 29.3 Å². The average molecular weight is 237 g/mol. The van der Waals surface area contributed by atoms with Gasteiger partial charge in [0, 0.05) is 28.9 Å². The molecular weight excluding hydrogens is 222 g/mol. The molecule has 2 bridgehead atoms. The number of allylic oxidation sites excluding steroid dienone is 3. The van der Waals surface area contributed by atoms with Crippen molar-refractivity contribution >= 4 is 16.8 Å². The molecule has 0 saturated heterocycles. The highest BCUT2D eigenvalue weighted by Gasteiger charge is 2.21. The molecule has 1 aromatic rings. The predicted molar refractivity (Wildman–Crippen MR) is 73.6 cm³/mol. The van der Waals surface area contributed by atoms with Crippen molar-refractivity contribution in [2.75, 3.05) is 11.4 Å². The molecule has 0 amide bonds. The Kier molecular flexibility index (Phi) is 1.95. The number of hydrogen-bond donors (Lipinski definition) is 1. The lowest BCUT2D eigenvalue weighted by molar-refractivity contribution is 0.470. The van der Waals surface area contributed by atoms with Gasteiger partial charge >= 0.3 is 0 Å². The first-order valence-electron chi connectivity index (χ1n) is 6.54. The molecule has 3 aliphatic rings. The second kappa shape index (κ2) is 3.52. The summed E-state index contributed by atoms with van der Waals surface area (Å²) in [6.07, 6.45) is 12.1. The van der Waals surface area contributed by atoms with Crippen LogP contribution in [0, 0.1) is 0 Å². The lowest BCUT2D eigenvalue weighted by Crippen LogP contribution is -2.34. The lowest BCUT2D eigenvalue weighted by Gasteiger charge is -2.24. The van der Waals surface area contributed by atoms with E-state index in [1.54, 1.807) is 0 Å².